The van der Waals surface area contributed by atoms with Crippen LogP contribution < -0.4 is 5.32 Å². The zero-order valence-electron chi connectivity index (χ0n) is 13.8. The maximum Gasteiger partial charge on any atom is 0.163 e. The van der Waals surface area contributed by atoms with Crippen molar-refractivity contribution in [3.05, 3.63) is 52.7 Å². The van der Waals surface area contributed by atoms with E-state index in [2.05, 4.69) is 37.4 Å². The van der Waals surface area contributed by atoms with Gasteiger partial charge >= 0.3 is 0 Å². The van der Waals surface area contributed by atoms with Crippen molar-refractivity contribution >= 4 is 5.82 Å². The van der Waals surface area contributed by atoms with E-state index in [1.165, 1.54) is 5.56 Å². The van der Waals surface area contributed by atoms with Crippen LogP contribution in [0.5, 0.6) is 0 Å². The van der Waals surface area contributed by atoms with Gasteiger partial charge in [0.15, 0.2) is 5.82 Å². The average molecular weight is 308 g/mol. The van der Waals surface area contributed by atoms with Crippen LogP contribution in [-0.2, 0) is 6.54 Å². The van der Waals surface area contributed by atoms with Crippen LogP contribution in [0.25, 0.3) is 11.4 Å². The zero-order valence-corrected chi connectivity index (χ0v) is 13.8. The van der Waals surface area contributed by atoms with E-state index in [0.717, 1.165) is 34.0 Å². The van der Waals surface area contributed by atoms with Crippen LogP contribution in [0.3, 0.4) is 0 Å². The Hall–Kier alpha value is -2.76. The number of aromatic amines is 1. The number of hydrogen-bond acceptors (Lipinski definition) is 5. The Morgan fingerprint density at radius 3 is 2.57 bits per heavy atom. The lowest BCUT2D eigenvalue weighted by Gasteiger charge is -2.12. The standard InChI is InChI=1S/C17H20N6/c1-10-13(4)22-23-15(10)9-19-16-11(2)12(3)20-17(21-16)14-6-5-7-18-8-14/h5-8H,9H2,1-4H3,(H,22,23)(H,19,20,21). The molecule has 2 N–H and O–H groups in total. The van der Waals surface area contributed by atoms with E-state index in [1.54, 1.807) is 12.4 Å². The second-order valence-electron chi connectivity index (χ2n) is 5.62. The fraction of sp³-hybridized carbons (Fsp3) is 0.294. The zero-order chi connectivity index (χ0) is 16.4. The average Bonchev–Trinajstić information content (AvgIpc) is 2.88. The first-order valence-electron chi connectivity index (χ1n) is 7.56. The van der Waals surface area contributed by atoms with Crippen molar-refractivity contribution < 1.29 is 0 Å². The third-order valence-electron chi connectivity index (χ3n) is 4.09. The van der Waals surface area contributed by atoms with Gasteiger partial charge in [0.2, 0.25) is 0 Å². The van der Waals surface area contributed by atoms with Gasteiger partial charge in [0.05, 0.1) is 12.2 Å². The SMILES string of the molecule is Cc1nc(-c2cccnc2)nc(NCc2n[nH]c(C)c2C)c1C. The van der Waals surface area contributed by atoms with Crippen molar-refractivity contribution in [3.8, 4) is 11.4 Å². The van der Waals surface area contributed by atoms with Crippen molar-refractivity contribution in [3.63, 3.8) is 0 Å². The van der Waals surface area contributed by atoms with Gasteiger partial charge in [-0.2, -0.15) is 5.10 Å². The van der Waals surface area contributed by atoms with E-state index < -0.39 is 0 Å². The predicted octanol–water partition coefficient (Wildman–Crippen LogP) is 3.11. The van der Waals surface area contributed by atoms with Crippen LogP contribution in [-0.4, -0.2) is 25.1 Å². The second kappa shape index (κ2) is 6.16. The van der Waals surface area contributed by atoms with Gasteiger partial charge in [0.1, 0.15) is 5.82 Å². The maximum atomic E-state index is 4.65. The number of aryl methyl sites for hydroxylation is 2. The molecule has 0 saturated carbocycles. The molecule has 0 amide bonds. The van der Waals surface area contributed by atoms with E-state index in [-0.39, 0.29) is 0 Å². The fourth-order valence-electron chi connectivity index (χ4n) is 2.30. The summed E-state index contributed by atoms with van der Waals surface area (Å²) < 4.78 is 0. The van der Waals surface area contributed by atoms with Gasteiger partial charge in [0.25, 0.3) is 0 Å². The molecule has 3 aromatic heterocycles. The first-order chi connectivity index (χ1) is 11.1. The molecule has 0 radical (unpaired) electrons. The number of H-pyrrole nitrogens is 1. The van der Waals surface area contributed by atoms with Gasteiger partial charge in [-0.05, 0) is 45.4 Å². The molecule has 0 spiro atoms. The Morgan fingerprint density at radius 1 is 1.09 bits per heavy atom. The van der Waals surface area contributed by atoms with Crippen molar-refractivity contribution in [2.75, 3.05) is 5.32 Å². The summed E-state index contributed by atoms with van der Waals surface area (Å²) >= 11 is 0. The van der Waals surface area contributed by atoms with Crippen LogP contribution >= 0.6 is 0 Å². The first-order valence-corrected chi connectivity index (χ1v) is 7.56. The molecule has 0 aromatic carbocycles. The molecule has 0 bridgehead atoms. The van der Waals surface area contributed by atoms with Crippen molar-refractivity contribution in [1.82, 2.24) is 25.1 Å². The number of aromatic nitrogens is 5. The second-order valence-corrected chi connectivity index (χ2v) is 5.62. The summed E-state index contributed by atoms with van der Waals surface area (Å²) in [5.74, 6) is 1.51. The van der Waals surface area contributed by atoms with Crippen molar-refractivity contribution in [2.45, 2.75) is 34.2 Å². The van der Waals surface area contributed by atoms with Crippen LogP contribution in [0.1, 0.15) is 28.2 Å². The lowest BCUT2D eigenvalue weighted by molar-refractivity contribution is 0.951. The Bertz CT molecular complexity index is 823. The minimum Gasteiger partial charge on any atom is -0.364 e. The van der Waals surface area contributed by atoms with Gasteiger partial charge in [-0.3, -0.25) is 10.1 Å². The summed E-state index contributed by atoms with van der Waals surface area (Å²) in [6.45, 7) is 8.72. The van der Waals surface area contributed by atoms with Crippen LogP contribution in [0.2, 0.25) is 0 Å². The third kappa shape index (κ3) is 3.06. The van der Waals surface area contributed by atoms with Crippen molar-refractivity contribution in [1.29, 1.82) is 0 Å². The quantitative estimate of drug-likeness (QED) is 0.774. The van der Waals surface area contributed by atoms with E-state index in [4.69, 9.17) is 0 Å². The van der Waals surface area contributed by atoms with E-state index in [9.17, 15) is 0 Å². The normalized spacial score (nSPS) is 10.8. The van der Waals surface area contributed by atoms with Gasteiger partial charge in [0, 0.05) is 34.9 Å². The lowest BCUT2D eigenvalue weighted by atomic mass is 10.2. The molecule has 0 atom stereocenters. The predicted molar refractivity (Wildman–Crippen MR) is 90.1 cm³/mol. The number of pyridine rings is 1. The summed E-state index contributed by atoms with van der Waals surface area (Å²) in [6, 6.07) is 3.85. The third-order valence-corrected chi connectivity index (χ3v) is 4.09. The highest BCUT2D eigenvalue weighted by atomic mass is 15.1. The molecule has 3 heterocycles. The van der Waals surface area contributed by atoms with Crippen LogP contribution in [0.15, 0.2) is 24.5 Å². The monoisotopic (exact) mass is 308 g/mol. The molecule has 0 unspecified atom stereocenters. The minimum absolute atomic E-state index is 0.625. The van der Waals surface area contributed by atoms with Crippen molar-refractivity contribution in [2.24, 2.45) is 0 Å². The Labute approximate surface area is 135 Å². The Morgan fingerprint density at radius 2 is 1.91 bits per heavy atom. The highest BCUT2D eigenvalue weighted by Gasteiger charge is 2.11. The molecule has 6 nitrogen and oxygen atoms in total. The lowest BCUT2D eigenvalue weighted by Crippen LogP contribution is -2.08. The number of nitrogens with one attached hydrogen (secondary N) is 2. The molecular formula is C17H20N6. The Balaban J connectivity index is 1.89. The van der Waals surface area contributed by atoms with E-state index in [1.807, 2.05) is 32.9 Å². The highest BCUT2D eigenvalue weighted by Crippen LogP contribution is 2.21. The molecule has 0 saturated heterocycles. The smallest absolute Gasteiger partial charge is 0.163 e. The molecule has 3 aromatic rings. The number of hydrogen-bond donors (Lipinski definition) is 2. The van der Waals surface area contributed by atoms with E-state index in [0.29, 0.717) is 12.4 Å². The summed E-state index contributed by atoms with van der Waals surface area (Å²) in [6.07, 6.45) is 3.52. The van der Waals surface area contributed by atoms with Gasteiger partial charge in [-0.1, -0.05) is 0 Å². The van der Waals surface area contributed by atoms with Gasteiger partial charge in [-0.25, -0.2) is 9.97 Å². The summed E-state index contributed by atoms with van der Waals surface area (Å²) in [7, 11) is 0. The van der Waals surface area contributed by atoms with E-state index >= 15 is 0 Å². The molecule has 0 aliphatic rings. The molecule has 0 fully saturated rings. The highest BCUT2D eigenvalue weighted by molar-refractivity contribution is 5.58. The molecule has 23 heavy (non-hydrogen) atoms. The number of anilines is 1. The largest absolute Gasteiger partial charge is 0.364 e. The Kier molecular flexibility index (Phi) is 4.06. The molecule has 3 rings (SSSR count). The number of rotatable bonds is 4. The van der Waals surface area contributed by atoms with Gasteiger partial charge in [-0.15, -0.1) is 0 Å². The summed E-state index contributed by atoms with van der Waals surface area (Å²) in [5.41, 5.74) is 6.17. The topological polar surface area (TPSA) is 79.4 Å². The molecule has 118 valence electrons. The molecular weight excluding hydrogens is 288 g/mol. The summed E-state index contributed by atoms with van der Waals surface area (Å²) in [4.78, 5) is 13.4. The molecule has 0 aliphatic heterocycles. The number of nitrogens with zero attached hydrogens (tertiary/aromatic N) is 4. The van der Waals surface area contributed by atoms with Crippen LogP contribution in [0, 0.1) is 27.7 Å². The molecule has 0 aliphatic carbocycles. The van der Waals surface area contributed by atoms with Crippen LogP contribution in [0.4, 0.5) is 5.82 Å². The molecule has 6 heteroatoms. The minimum atomic E-state index is 0.625. The fourth-order valence-corrected chi connectivity index (χ4v) is 2.30. The van der Waals surface area contributed by atoms with Gasteiger partial charge < -0.3 is 5.32 Å². The first kappa shape index (κ1) is 15.1. The maximum absolute atomic E-state index is 4.65. The summed E-state index contributed by atoms with van der Waals surface area (Å²) in [5, 5.41) is 10.7.